The highest BCUT2D eigenvalue weighted by atomic mass is 32.1. The lowest BCUT2D eigenvalue weighted by Crippen LogP contribution is -2.41. The number of benzene rings is 2. The van der Waals surface area contributed by atoms with Gasteiger partial charge in [0, 0.05) is 23.1 Å². The summed E-state index contributed by atoms with van der Waals surface area (Å²) in [5.74, 6) is -0.834. The van der Waals surface area contributed by atoms with Gasteiger partial charge in [0.25, 0.3) is 0 Å². The summed E-state index contributed by atoms with van der Waals surface area (Å²) in [5, 5.41) is 9.90. The van der Waals surface area contributed by atoms with Crippen LogP contribution in [0.15, 0.2) is 42.5 Å². The van der Waals surface area contributed by atoms with E-state index in [4.69, 9.17) is 12.2 Å². The van der Waals surface area contributed by atoms with Crippen LogP contribution in [0.5, 0.6) is 0 Å². The lowest BCUT2D eigenvalue weighted by atomic mass is 9.78. The molecule has 1 amide bonds. The number of nitrogens with zero attached hydrogens (tertiary/aromatic N) is 2. The second-order valence-electron chi connectivity index (χ2n) is 8.17. The summed E-state index contributed by atoms with van der Waals surface area (Å²) in [5.41, 5.74) is 1.26. The number of hydrogen-bond acceptors (Lipinski definition) is 3. The molecule has 1 fully saturated rings. The predicted molar refractivity (Wildman–Crippen MR) is 117 cm³/mol. The van der Waals surface area contributed by atoms with E-state index in [1.165, 1.54) is 18.2 Å². The average molecular weight is 443 g/mol. The van der Waals surface area contributed by atoms with Crippen molar-refractivity contribution in [2.75, 3.05) is 6.54 Å². The van der Waals surface area contributed by atoms with E-state index in [1.54, 1.807) is 4.57 Å². The van der Waals surface area contributed by atoms with E-state index in [9.17, 15) is 13.6 Å². The van der Waals surface area contributed by atoms with Crippen molar-refractivity contribution in [1.82, 2.24) is 20.1 Å². The lowest BCUT2D eigenvalue weighted by Gasteiger charge is -2.30. The van der Waals surface area contributed by atoms with Crippen LogP contribution in [0.4, 0.5) is 8.78 Å². The van der Waals surface area contributed by atoms with Crippen LogP contribution in [0.25, 0.3) is 11.4 Å². The Labute approximate surface area is 184 Å². The van der Waals surface area contributed by atoms with E-state index >= 15 is 0 Å². The van der Waals surface area contributed by atoms with Crippen molar-refractivity contribution < 1.29 is 13.6 Å². The molecule has 0 bridgehead atoms. The van der Waals surface area contributed by atoms with E-state index < -0.39 is 17.0 Å². The van der Waals surface area contributed by atoms with Crippen molar-refractivity contribution in [3.8, 4) is 11.4 Å². The van der Waals surface area contributed by atoms with E-state index in [1.807, 2.05) is 31.2 Å². The van der Waals surface area contributed by atoms with Crippen molar-refractivity contribution in [3.05, 3.63) is 70.0 Å². The molecule has 162 valence electrons. The highest BCUT2D eigenvalue weighted by molar-refractivity contribution is 7.71. The van der Waals surface area contributed by atoms with Crippen molar-refractivity contribution in [2.45, 2.75) is 44.6 Å². The maximum absolute atomic E-state index is 14.5. The van der Waals surface area contributed by atoms with Gasteiger partial charge in [-0.25, -0.2) is 8.78 Å². The summed E-state index contributed by atoms with van der Waals surface area (Å²) in [6, 6.07) is 11.7. The Morgan fingerprint density at radius 2 is 1.87 bits per heavy atom. The summed E-state index contributed by atoms with van der Waals surface area (Å²) >= 11 is 5.31. The molecule has 1 aliphatic carbocycles. The van der Waals surface area contributed by atoms with Gasteiger partial charge in [-0.15, -0.1) is 0 Å². The van der Waals surface area contributed by atoms with Crippen molar-refractivity contribution in [2.24, 2.45) is 0 Å². The fourth-order valence-electron chi connectivity index (χ4n) is 4.51. The monoisotopic (exact) mass is 442 g/mol. The molecule has 1 aliphatic rings. The predicted octanol–water partition coefficient (Wildman–Crippen LogP) is 4.82. The molecular weight excluding hydrogens is 418 g/mol. The van der Waals surface area contributed by atoms with Gasteiger partial charge in [0.1, 0.15) is 18.2 Å². The highest BCUT2D eigenvalue weighted by Crippen LogP contribution is 2.42. The number of H-pyrrole nitrogens is 1. The Kier molecular flexibility index (Phi) is 6.00. The second kappa shape index (κ2) is 8.70. The van der Waals surface area contributed by atoms with Crippen molar-refractivity contribution in [1.29, 1.82) is 0 Å². The summed E-state index contributed by atoms with van der Waals surface area (Å²) in [6.07, 6.45) is 3.00. The number of nitrogens with one attached hydrogen (secondary N) is 2. The molecule has 3 aromatic rings. The molecule has 1 saturated carbocycles. The number of carbonyl (C=O) groups excluding carboxylic acids is 1. The Hall–Kier alpha value is -2.87. The molecule has 0 saturated heterocycles. The molecule has 1 heterocycles. The first kappa shape index (κ1) is 21.4. The van der Waals surface area contributed by atoms with E-state index in [2.05, 4.69) is 15.5 Å². The Morgan fingerprint density at radius 1 is 1.19 bits per heavy atom. The van der Waals surface area contributed by atoms with Crippen LogP contribution in [-0.4, -0.2) is 27.2 Å². The van der Waals surface area contributed by atoms with Gasteiger partial charge in [-0.2, -0.15) is 5.10 Å². The first-order valence-corrected chi connectivity index (χ1v) is 10.7. The number of amides is 1. The molecule has 0 spiro atoms. The van der Waals surface area contributed by atoms with Crippen LogP contribution in [0.2, 0.25) is 0 Å². The minimum Gasteiger partial charge on any atom is -0.354 e. The molecule has 8 heteroatoms. The Balaban J connectivity index is 1.54. The smallest absolute Gasteiger partial charge is 0.240 e. The number of halogens is 2. The molecule has 0 atom stereocenters. The number of aromatic amines is 1. The average Bonchev–Trinajstić information content (AvgIpc) is 3.34. The molecule has 5 nitrogen and oxygen atoms in total. The highest BCUT2D eigenvalue weighted by Gasteiger charge is 2.40. The molecule has 4 rings (SSSR count). The third-order valence-electron chi connectivity index (χ3n) is 6.01. The molecule has 0 unspecified atom stereocenters. The van der Waals surface area contributed by atoms with Gasteiger partial charge >= 0.3 is 0 Å². The number of hydrogen-bond donors (Lipinski definition) is 2. The van der Waals surface area contributed by atoms with Gasteiger partial charge in [0.2, 0.25) is 5.91 Å². The molecule has 31 heavy (non-hydrogen) atoms. The number of aryl methyl sites for hydroxylation is 1. The first-order chi connectivity index (χ1) is 14.9. The maximum Gasteiger partial charge on any atom is 0.240 e. The van der Waals surface area contributed by atoms with Gasteiger partial charge in [-0.3, -0.25) is 14.5 Å². The molecule has 1 aromatic heterocycles. The van der Waals surface area contributed by atoms with Crippen LogP contribution in [0, 0.1) is 23.3 Å². The summed E-state index contributed by atoms with van der Waals surface area (Å²) in [7, 11) is 0. The fourth-order valence-corrected chi connectivity index (χ4v) is 4.70. The van der Waals surface area contributed by atoms with E-state index in [-0.39, 0.29) is 24.6 Å². The standard InChI is InChI=1S/C23H24F2N4OS/c1-15-6-4-7-16(12-15)21-27-28-22(31)29(21)13-19(30)26-14-23(10-2-3-11-23)20-17(24)8-5-9-18(20)25/h4-9,12H,2-3,10-11,13-14H2,1H3,(H,26,30)(H,28,31). The molecular formula is C23H24F2N4OS. The maximum atomic E-state index is 14.5. The quantitative estimate of drug-likeness (QED) is 0.538. The van der Waals surface area contributed by atoms with Crippen LogP contribution in [-0.2, 0) is 16.8 Å². The minimum absolute atomic E-state index is 0.0333. The topological polar surface area (TPSA) is 62.7 Å². The third-order valence-corrected chi connectivity index (χ3v) is 6.33. The van der Waals surface area contributed by atoms with E-state index in [0.717, 1.165) is 24.0 Å². The van der Waals surface area contributed by atoms with Gasteiger partial charge < -0.3 is 5.32 Å². The summed E-state index contributed by atoms with van der Waals surface area (Å²) < 4.78 is 31.0. The van der Waals surface area contributed by atoms with Gasteiger partial charge in [0.15, 0.2) is 10.6 Å². The van der Waals surface area contributed by atoms with Gasteiger partial charge in [-0.1, -0.05) is 42.7 Å². The van der Waals surface area contributed by atoms with E-state index in [0.29, 0.717) is 23.4 Å². The lowest BCUT2D eigenvalue weighted by molar-refractivity contribution is -0.121. The number of carbonyl (C=O) groups is 1. The summed E-state index contributed by atoms with van der Waals surface area (Å²) in [4.78, 5) is 12.8. The SMILES string of the molecule is Cc1cccc(-c2n[nH]c(=S)n2CC(=O)NCC2(c3c(F)cccc3F)CCCC2)c1. The zero-order valence-corrected chi connectivity index (χ0v) is 18.1. The minimum atomic E-state index is -0.734. The van der Waals surface area contributed by atoms with Gasteiger partial charge in [-0.05, 0) is 50.2 Å². The third kappa shape index (κ3) is 4.30. The number of rotatable bonds is 6. The van der Waals surface area contributed by atoms with Crippen LogP contribution in [0.3, 0.4) is 0 Å². The molecule has 0 aliphatic heterocycles. The number of aromatic nitrogens is 3. The van der Waals surface area contributed by atoms with Crippen LogP contribution < -0.4 is 5.32 Å². The zero-order valence-electron chi connectivity index (χ0n) is 17.3. The van der Waals surface area contributed by atoms with Crippen LogP contribution in [0.1, 0.15) is 36.8 Å². The van der Waals surface area contributed by atoms with Gasteiger partial charge in [0.05, 0.1) is 0 Å². The van der Waals surface area contributed by atoms with Crippen molar-refractivity contribution in [3.63, 3.8) is 0 Å². The summed E-state index contributed by atoms with van der Waals surface area (Å²) in [6.45, 7) is 2.12. The first-order valence-electron chi connectivity index (χ1n) is 10.3. The largest absolute Gasteiger partial charge is 0.354 e. The Morgan fingerprint density at radius 3 is 2.55 bits per heavy atom. The Bertz CT molecular complexity index is 1140. The van der Waals surface area contributed by atoms with Crippen molar-refractivity contribution >= 4 is 18.1 Å². The van der Waals surface area contributed by atoms with Crippen LogP contribution >= 0.6 is 12.2 Å². The fraction of sp³-hybridized carbons (Fsp3) is 0.348. The second-order valence-corrected chi connectivity index (χ2v) is 8.56. The zero-order chi connectivity index (χ0) is 22.0. The molecule has 0 radical (unpaired) electrons. The molecule has 2 N–H and O–H groups in total. The normalized spacial score (nSPS) is 15.2. The molecule has 2 aromatic carbocycles.